The van der Waals surface area contributed by atoms with Crippen LogP contribution in [0.15, 0.2) is 29.5 Å². The molecule has 1 amide bonds. The second-order valence-electron chi connectivity index (χ2n) is 7.89. The van der Waals surface area contributed by atoms with Crippen molar-refractivity contribution in [3.63, 3.8) is 0 Å². The zero-order valence-electron chi connectivity index (χ0n) is 19.8. The summed E-state index contributed by atoms with van der Waals surface area (Å²) in [5.74, 6) is -1.78. The van der Waals surface area contributed by atoms with Gasteiger partial charge in [-0.3, -0.25) is 14.5 Å². The SMILES string of the molecule is COCCOC(=O)C1=C(C(=O)N(Cc2ccc(Cl)nc2)c2c(F)sc(CC(=O)OC)c2Cl)CCCC1. The van der Waals surface area contributed by atoms with Crippen molar-refractivity contribution in [3.05, 3.63) is 55.2 Å². The van der Waals surface area contributed by atoms with Crippen LogP contribution in [0, 0.1) is 5.13 Å². The fourth-order valence-corrected chi connectivity index (χ4v) is 5.17. The van der Waals surface area contributed by atoms with Gasteiger partial charge in [0.2, 0.25) is 5.13 Å². The first kappa shape index (κ1) is 28.0. The van der Waals surface area contributed by atoms with Crippen molar-refractivity contribution < 1.29 is 33.0 Å². The van der Waals surface area contributed by atoms with E-state index in [1.165, 1.54) is 25.3 Å². The molecule has 36 heavy (non-hydrogen) atoms. The van der Waals surface area contributed by atoms with Crippen molar-refractivity contribution in [1.82, 2.24) is 4.98 Å². The monoisotopic (exact) mass is 558 g/mol. The van der Waals surface area contributed by atoms with E-state index in [-0.39, 0.29) is 58.1 Å². The summed E-state index contributed by atoms with van der Waals surface area (Å²) in [5, 5.41) is -0.554. The Balaban J connectivity index is 2.05. The maximum Gasteiger partial charge on any atom is 0.334 e. The Labute approximate surface area is 221 Å². The van der Waals surface area contributed by atoms with Gasteiger partial charge in [-0.15, -0.1) is 11.3 Å². The van der Waals surface area contributed by atoms with Crippen LogP contribution in [0.5, 0.6) is 0 Å². The van der Waals surface area contributed by atoms with Crippen molar-refractivity contribution in [2.75, 3.05) is 32.3 Å². The number of esters is 2. The van der Waals surface area contributed by atoms with E-state index in [0.29, 0.717) is 42.6 Å². The van der Waals surface area contributed by atoms with Crippen LogP contribution in [-0.4, -0.2) is 50.3 Å². The average molecular weight is 559 g/mol. The molecule has 0 spiro atoms. The zero-order chi connectivity index (χ0) is 26.2. The zero-order valence-corrected chi connectivity index (χ0v) is 22.1. The second kappa shape index (κ2) is 13.1. The van der Waals surface area contributed by atoms with Gasteiger partial charge >= 0.3 is 11.9 Å². The number of aromatic nitrogens is 1. The molecular formula is C24H25Cl2FN2O6S. The largest absolute Gasteiger partial charge is 0.469 e. The van der Waals surface area contributed by atoms with E-state index < -0.39 is 23.0 Å². The molecule has 12 heteroatoms. The van der Waals surface area contributed by atoms with Gasteiger partial charge < -0.3 is 14.2 Å². The molecule has 0 atom stereocenters. The third-order valence-corrected chi connectivity index (χ3v) is 7.23. The first-order valence-electron chi connectivity index (χ1n) is 11.1. The number of ether oxygens (including phenoxy) is 3. The molecular weight excluding hydrogens is 534 g/mol. The van der Waals surface area contributed by atoms with Crippen LogP contribution in [-0.2, 0) is 41.6 Å². The lowest BCUT2D eigenvalue weighted by molar-refractivity contribution is -0.141. The van der Waals surface area contributed by atoms with Crippen molar-refractivity contribution in [2.45, 2.75) is 38.6 Å². The number of carbonyl (C=O) groups excluding carboxylic acids is 3. The van der Waals surface area contributed by atoms with Crippen LogP contribution in [0.1, 0.15) is 36.1 Å². The molecule has 0 aliphatic heterocycles. The number of hydrogen-bond acceptors (Lipinski definition) is 8. The summed E-state index contributed by atoms with van der Waals surface area (Å²) in [4.78, 5) is 43.8. The number of carbonyl (C=O) groups is 3. The normalized spacial score (nSPS) is 13.5. The maximum atomic E-state index is 15.3. The van der Waals surface area contributed by atoms with E-state index in [4.69, 9.17) is 32.7 Å². The quantitative estimate of drug-likeness (QED) is 0.232. The topological polar surface area (TPSA) is 95.0 Å². The highest BCUT2D eigenvalue weighted by molar-refractivity contribution is 7.11. The van der Waals surface area contributed by atoms with Gasteiger partial charge in [0.25, 0.3) is 5.91 Å². The Morgan fingerprint density at radius 2 is 1.83 bits per heavy atom. The molecule has 194 valence electrons. The Hall–Kier alpha value is -2.53. The highest BCUT2D eigenvalue weighted by Crippen LogP contribution is 2.41. The number of anilines is 1. The predicted octanol–water partition coefficient (Wildman–Crippen LogP) is 4.90. The summed E-state index contributed by atoms with van der Waals surface area (Å²) in [6.45, 7) is 0.169. The predicted molar refractivity (Wildman–Crippen MR) is 134 cm³/mol. The molecule has 0 fully saturated rings. The number of thiophene rings is 1. The first-order valence-corrected chi connectivity index (χ1v) is 12.7. The standard InChI is InChI=1S/C24H25Cl2FN2O6S/c1-33-9-10-35-24(32)16-6-4-3-5-15(16)23(31)29(13-14-7-8-18(25)28-12-14)21-20(26)17(36-22(21)27)11-19(30)34-2/h7-8,12H,3-6,9-11,13H2,1-2H3. The average Bonchev–Trinajstić information content (AvgIpc) is 3.15. The molecule has 8 nitrogen and oxygen atoms in total. The van der Waals surface area contributed by atoms with Gasteiger partial charge in [-0.25, -0.2) is 9.78 Å². The molecule has 0 saturated carbocycles. The lowest BCUT2D eigenvalue weighted by Gasteiger charge is -2.27. The van der Waals surface area contributed by atoms with E-state index >= 15 is 4.39 Å². The van der Waals surface area contributed by atoms with Gasteiger partial charge in [0.15, 0.2) is 0 Å². The summed E-state index contributed by atoms with van der Waals surface area (Å²) in [6, 6.07) is 3.20. The Morgan fingerprint density at radius 3 is 2.47 bits per heavy atom. The molecule has 0 radical (unpaired) electrons. The van der Waals surface area contributed by atoms with Crippen molar-refractivity contribution in [3.8, 4) is 0 Å². The smallest absolute Gasteiger partial charge is 0.334 e. The van der Waals surface area contributed by atoms with Crippen LogP contribution < -0.4 is 4.90 Å². The van der Waals surface area contributed by atoms with Crippen LogP contribution >= 0.6 is 34.5 Å². The Morgan fingerprint density at radius 1 is 1.11 bits per heavy atom. The molecule has 0 unspecified atom stereocenters. The molecule has 3 rings (SSSR count). The van der Waals surface area contributed by atoms with E-state index in [0.717, 1.165) is 0 Å². The number of halogens is 3. The lowest BCUT2D eigenvalue weighted by Crippen LogP contribution is -2.34. The van der Waals surface area contributed by atoms with Crippen LogP contribution in [0.2, 0.25) is 10.2 Å². The minimum absolute atomic E-state index is 0.0440. The van der Waals surface area contributed by atoms with E-state index in [2.05, 4.69) is 9.72 Å². The van der Waals surface area contributed by atoms with Gasteiger partial charge in [0.1, 0.15) is 17.4 Å². The fourth-order valence-electron chi connectivity index (χ4n) is 3.73. The molecule has 1 aliphatic carbocycles. The van der Waals surface area contributed by atoms with Gasteiger partial charge in [-0.05, 0) is 37.3 Å². The molecule has 2 aromatic rings. The third kappa shape index (κ3) is 6.82. The molecule has 0 bridgehead atoms. The van der Waals surface area contributed by atoms with Gasteiger partial charge in [0, 0.05) is 29.3 Å². The van der Waals surface area contributed by atoms with E-state index in [9.17, 15) is 14.4 Å². The number of amides is 1. The molecule has 1 aliphatic rings. The molecule has 2 heterocycles. The van der Waals surface area contributed by atoms with Crippen LogP contribution in [0.4, 0.5) is 10.1 Å². The van der Waals surface area contributed by atoms with E-state index in [1.807, 2.05) is 0 Å². The first-order chi connectivity index (χ1) is 17.3. The maximum absolute atomic E-state index is 15.3. The van der Waals surface area contributed by atoms with Crippen LogP contribution in [0.25, 0.3) is 0 Å². The van der Waals surface area contributed by atoms with Crippen molar-refractivity contribution in [2.24, 2.45) is 0 Å². The second-order valence-corrected chi connectivity index (χ2v) is 9.71. The Bertz CT molecular complexity index is 1150. The number of methoxy groups -OCH3 is 2. The fraction of sp³-hybridized carbons (Fsp3) is 0.417. The molecule has 0 N–H and O–H groups in total. The number of hydrogen-bond donors (Lipinski definition) is 0. The lowest BCUT2D eigenvalue weighted by atomic mass is 9.90. The van der Waals surface area contributed by atoms with Gasteiger partial charge in [-0.2, -0.15) is 4.39 Å². The summed E-state index contributed by atoms with van der Waals surface area (Å²) < 4.78 is 30.1. The summed E-state index contributed by atoms with van der Waals surface area (Å²) in [7, 11) is 2.70. The summed E-state index contributed by atoms with van der Waals surface area (Å²) in [5.41, 5.74) is 0.875. The van der Waals surface area contributed by atoms with E-state index in [1.54, 1.807) is 12.1 Å². The molecule has 0 aromatic carbocycles. The van der Waals surface area contributed by atoms with Crippen LogP contribution in [0.3, 0.4) is 0 Å². The highest BCUT2D eigenvalue weighted by Gasteiger charge is 2.33. The highest BCUT2D eigenvalue weighted by atomic mass is 35.5. The van der Waals surface area contributed by atoms with Gasteiger partial charge in [-0.1, -0.05) is 29.3 Å². The minimum Gasteiger partial charge on any atom is -0.469 e. The summed E-state index contributed by atoms with van der Waals surface area (Å²) in [6.07, 6.45) is 3.29. The van der Waals surface area contributed by atoms with Crippen molar-refractivity contribution in [1.29, 1.82) is 0 Å². The van der Waals surface area contributed by atoms with Crippen molar-refractivity contribution >= 4 is 58.1 Å². The number of nitrogens with zero attached hydrogens (tertiary/aromatic N) is 2. The summed E-state index contributed by atoms with van der Waals surface area (Å²) >= 11 is 13.0. The van der Waals surface area contributed by atoms with Gasteiger partial charge in [0.05, 0.1) is 31.7 Å². The third-order valence-electron chi connectivity index (χ3n) is 5.52. The number of rotatable bonds is 10. The number of pyridine rings is 1. The molecule has 2 aromatic heterocycles. The molecule has 0 saturated heterocycles. The Kier molecular flexibility index (Phi) is 10.2. The minimum atomic E-state index is -0.741.